The van der Waals surface area contributed by atoms with Gasteiger partial charge >= 0.3 is 0 Å². The summed E-state index contributed by atoms with van der Waals surface area (Å²) in [6, 6.07) is 66.9. The van der Waals surface area contributed by atoms with E-state index < -0.39 is 0 Å². The first kappa shape index (κ1) is 29.6. The van der Waals surface area contributed by atoms with E-state index in [1.54, 1.807) is 0 Å². The van der Waals surface area contributed by atoms with Crippen molar-refractivity contribution in [2.75, 3.05) is 4.90 Å². The third-order valence-electron chi connectivity index (χ3n) is 10.6. The number of furan rings is 2. The number of benzene rings is 9. The second-order valence-electron chi connectivity index (χ2n) is 13.8. The Bertz CT molecular complexity index is 3060. The molecule has 0 spiro atoms. The molecule has 0 saturated carbocycles. The molecule has 0 atom stereocenters. The topological polar surface area (TPSA) is 29.5 Å². The summed E-state index contributed by atoms with van der Waals surface area (Å²) in [4.78, 5) is 2.33. The zero-order valence-electron chi connectivity index (χ0n) is 28.7. The Morgan fingerprint density at radius 1 is 0.264 bits per heavy atom. The van der Waals surface area contributed by atoms with Gasteiger partial charge in [-0.2, -0.15) is 0 Å². The van der Waals surface area contributed by atoms with Crippen LogP contribution in [0.2, 0.25) is 0 Å². The highest BCUT2D eigenvalue weighted by Gasteiger charge is 2.17. The molecule has 9 aromatic carbocycles. The number of nitrogens with zero attached hydrogens (tertiary/aromatic N) is 1. The van der Waals surface area contributed by atoms with Crippen molar-refractivity contribution in [2.45, 2.75) is 0 Å². The van der Waals surface area contributed by atoms with Gasteiger partial charge in [-0.1, -0.05) is 115 Å². The molecule has 0 unspecified atom stereocenters. The molecule has 248 valence electrons. The fourth-order valence-corrected chi connectivity index (χ4v) is 7.91. The van der Waals surface area contributed by atoms with Gasteiger partial charge in [0.1, 0.15) is 22.3 Å². The van der Waals surface area contributed by atoms with E-state index in [1.807, 2.05) is 6.07 Å². The highest BCUT2D eigenvalue weighted by molar-refractivity contribution is 6.18. The summed E-state index contributed by atoms with van der Waals surface area (Å²) in [5.41, 5.74) is 11.4. The van der Waals surface area contributed by atoms with Gasteiger partial charge in [-0.3, -0.25) is 0 Å². The van der Waals surface area contributed by atoms with Crippen molar-refractivity contribution in [3.05, 3.63) is 188 Å². The maximum Gasteiger partial charge on any atom is 0.139 e. The summed E-state index contributed by atoms with van der Waals surface area (Å²) < 4.78 is 12.9. The number of anilines is 3. The minimum atomic E-state index is 0.824. The average molecular weight is 678 g/mol. The lowest BCUT2D eigenvalue weighted by Crippen LogP contribution is -2.09. The normalized spacial score (nSPS) is 11.8. The molecule has 3 heteroatoms. The van der Waals surface area contributed by atoms with Gasteiger partial charge < -0.3 is 13.7 Å². The molecule has 0 aliphatic heterocycles. The Labute approximate surface area is 305 Å². The first-order valence-electron chi connectivity index (χ1n) is 18.0. The smallest absolute Gasteiger partial charge is 0.139 e. The van der Waals surface area contributed by atoms with E-state index in [4.69, 9.17) is 8.83 Å². The molecular formula is C50H31NO2. The number of fused-ring (bicyclic) bond motifs is 8. The zero-order valence-corrected chi connectivity index (χ0v) is 28.7. The lowest BCUT2D eigenvalue weighted by molar-refractivity contribution is 0.656. The van der Waals surface area contributed by atoms with E-state index in [-0.39, 0.29) is 0 Å². The van der Waals surface area contributed by atoms with Gasteiger partial charge in [0.2, 0.25) is 0 Å². The van der Waals surface area contributed by atoms with Crippen molar-refractivity contribution in [2.24, 2.45) is 0 Å². The third kappa shape index (κ3) is 4.97. The van der Waals surface area contributed by atoms with Crippen LogP contribution in [0.1, 0.15) is 0 Å². The van der Waals surface area contributed by atoms with Gasteiger partial charge in [0.25, 0.3) is 0 Å². The van der Waals surface area contributed by atoms with Crippen molar-refractivity contribution in [3.8, 4) is 22.3 Å². The standard InChI is InChI=1S/C50H31NO2/c1-3-9-32(10-4-1)34-15-20-40(21-16-34)51(41-22-17-35(18-23-41)33-11-5-2-6-12-33)42-24-19-38-27-44-46-30-45-43-26-36-13-7-8-14-37(36)28-47(43)52-49(45)31-50(46)53-48(44)29-39(38)25-42/h1-31H. The van der Waals surface area contributed by atoms with Crippen LogP contribution in [-0.4, -0.2) is 0 Å². The summed E-state index contributed by atoms with van der Waals surface area (Å²) in [5, 5.41) is 9.06. The van der Waals surface area contributed by atoms with Crippen LogP contribution >= 0.6 is 0 Å². The number of hydrogen-bond donors (Lipinski definition) is 0. The molecule has 2 aromatic heterocycles. The summed E-state index contributed by atoms with van der Waals surface area (Å²) >= 11 is 0. The summed E-state index contributed by atoms with van der Waals surface area (Å²) in [6.45, 7) is 0. The molecule has 0 radical (unpaired) electrons. The highest BCUT2D eigenvalue weighted by atomic mass is 16.3. The second kappa shape index (κ2) is 11.7. The fraction of sp³-hybridized carbons (Fsp3) is 0. The molecule has 0 aliphatic carbocycles. The Morgan fingerprint density at radius 2 is 0.660 bits per heavy atom. The van der Waals surface area contributed by atoms with E-state index in [1.165, 1.54) is 33.0 Å². The summed E-state index contributed by atoms with van der Waals surface area (Å²) in [5.74, 6) is 0. The second-order valence-corrected chi connectivity index (χ2v) is 13.8. The monoisotopic (exact) mass is 677 g/mol. The van der Waals surface area contributed by atoms with Crippen molar-refractivity contribution >= 4 is 82.5 Å². The van der Waals surface area contributed by atoms with E-state index >= 15 is 0 Å². The molecule has 11 rings (SSSR count). The largest absolute Gasteiger partial charge is 0.456 e. The Kier molecular flexibility index (Phi) is 6.55. The van der Waals surface area contributed by atoms with E-state index in [0.717, 1.165) is 71.7 Å². The van der Waals surface area contributed by atoms with Crippen molar-refractivity contribution < 1.29 is 8.83 Å². The van der Waals surface area contributed by atoms with Crippen LogP contribution in [0.4, 0.5) is 17.1 Å². The van der Waals surface area contributed by atoms with Crippen molar-refractivity contribution in [1.82, 2.24) is 0 Å². The van der Waals surface area contributed by atoms with Crippen LogP contribution in [0, 0.1) is 0 Å². The number of rotatable bonds is 5. The van der Waals surface area contributed by atoms with Gasteiger partial charge in [-0.25, -0.2) is 0 Å². The molecule has 0 amide bonds. The van der Waals surface area contributed by atoms with Crippen LogP contribution in [0.25, 0.3) is 87.7 Å². The SMILES string of the molecule is c1ccc(-c2ccc(N(c3ccc(-c4ccccc4)cc3)c3ccc4cc5c(cc4c3)oc3cc4oc6cc7ccccc7cc6c4cc35)cc2)cc1. The molecular weight excluding hydrogens is 647 g/mol. The minimum Gasteiger partial charge on any atom is -0.456 e. The van der Waals surface area contributed by atoms with Crippen LogP contribution in [0.15, 0.2) is 197 Å². The molecule has 11 aromatic rings. The first-order chi connectivity index (χ1) is 26.2. The molecule has 0 saturated heterocycles. The molecule has 0 aliphatic rings. The van der Waals surface area contributed by atoms with Gasteiger partial charge in [0.15, 0.2) is 0 Å². The maximum absolute atomic E-state index is 6.55. The van der Waals surface area contributed by atoms with Crippen LogP contribution in [0.5, 0.6) is 0 Å². The molecule has 0 fully saturated rings. The summed E-state index contributed by atoms with van der Waals surface area (Å²) in [6.07, 6.45) is 0. The summed E-state index contributed by atoms with van der Waals surface area (Å²) in [7, 11) is 0. The van der Waals surface area contributed by atoms with E-state index in [0.29, 0.717) is 0 Å². The molecule has 3 nitrogen and oxygen atoms in total. The van der Waals surface area contributed by atoms with Crippen LogP contribution < -0.4 is 4.90 Å². The third-order valence-corrected chi connectivity index (χ3v) is 10.6. The van der Waals surface area contributed by atoms with Crippen LogP contribution in [0.3, 0.4) is 0 Å². The predicted octanol–water partition coefficient (Wildman–Crippen LogP) is 14.6. The number of hydrogen-bond acceptors (Lipinski definition) is 3. The molecule has 0 N–H and O–H groups in total. The average Bonchev–Trinajstić information content (AvgIpc) is 3.75. The quantitative estimate of drug-likeness (QED) is 0.182. The van der Waals surface area contributed by atoms with Gasteiger partial charge in [0, 0.05) is 44.7 Å². The van der Waals surface area contributed by atoms with Crippen molar-refractivity contribution in [1.29, 1.82) is 0 Å². The van der Waals surface area contributed by atoms with E-state index in [9.17, 15) is 0 Å². The fourth-order valence-electron chi connectivity index (χ4n) is 7.91. The van der Waals surface area contributed by atoms with E-state index in [2.05, 4.69) is 187 Å². The predicted molar refractivity (Wildman–Crippen MR) is 222 cm³/mol. The Hall–Kier alpha value is -7.10. The van der Waals surface area contributed by atoms with Crippen LogP contribution in [-0.2, 0) is 0 Å². The van der Waals surface area contributed by atoms with Gasteiger partial charge in [-0.05, 0) is 111 Å². The van der Waals surface area contributed by atoms with Gasteiger partial charge in [0.05, 0.1) is 0 Å². The molecule has 2 heterocycles. The first-order valence-corrected chi connectivity index (χ1v) is 18.0. The highest BCUT2D eigenvalue weighted by Crippen LogP contribution is 2.42. The maximum atomic E-state index is 6.55. The minimum absolute atomic E-state index is 0.824. The van der Waals surface area contributed by atoms with Gasteiger partial charge in [-0.15, -0.1) is 0 Å². The lowest BCUT2D eigenvalue weighted by Gasteiger charge is -2.26. The zero-order chi connectivity index (χ0) is 34.9. The molecule has 53 heavy (non-hydrogen) atoms. The lowest BCUT2D eigenvalue weighted by atomic mass is 10.0. The molecule has 0 bridgehead atoms. The van der Waals surface area contributed by atoms with Crippen molar-refractivity contribution in [3.63, 3.8) is 0 Å². The Balaban J connectivity index is 1.03. The Morgan fingerprint density at radius 3 is 1.21 bits per heavy atom.